The molecule has 0 saturated carbocycles. The second-order valence-electron chi connectivity index (χ2n) is 8.73. The van der Waals surface area contributed by atoms with Crippen LogP contribution >= 0.6 is 27.5 Å². The molecule has 9 heteroatoms. The average Bonchev–Trinajstić information content (AvgIpc) is 2.87. The van der Waals surface area contributed by atoms with Crippen LogP contribution in [0.2, 0.25) is 5.28 Å². The van der Waals surface area contributed by atoms with Crippen LogP contribution in [-0.4, -0.2) is 53.0 Å². The molecule has 5 rings (SSSR count). The Balaban J connectivity index is 1.46. The summed E-state index contributed by atoms with van der Waals surface area (Å²) in [7, 11) is 0. The minimum Gasteiger partial charge on any atom is -0.365 e. The van der Waals surface area contributed by atoms with Gasteiger partial charge in [-0.05, 0) is 41.6 Å². The van der Waals surface area contributed by atoms with Crippen LogP contribution in [0, 0.1) is 11.3 Å². The Morgan fingerprint density at radius 3 is 2.77 bits per heavy atom. The zero-order valence-electron chi connectivity index (χ0n) is 19.1. The number of benzene rings is 2. The Bertz CT molecular complexity index is 1350. The standard InChI is InChI=1S/C26H24BrClN6O/c1-2-23(35)34-14-13-33(15-18(34)9-11-29)25-19-10-12-32(16-21(19)30-26(28)31-25)22-8-4-6-17-5-3-7-20(27)24(17)22/h2-8,18H,1,9-10,12-16H2/t18-/m0/s1. The molecule has 2 aliphatic rings. The fourth-order valence-electron chi connectivity index (χ4n) is 5.12. The summed E-state index contributed by atoms with van der Waals surface area (Å²) < 4.78 is 1.06. The molecule has 3 heterocycles. The SMILES string of the molecule is C=CC(=O)N1CCN(c2nc(Cl)nc3c2CCN(c2cccc4cccc(Br)c24)C3)C[C@@H]1CC#N. The monoisotopic (exact) mass is 550 g/mol. The van der Waals surface area contributed by atoms with Gasteiger partial charge in [0.25, 0.3) is 0 Å². The number of anilines is 2. The van der Waals surface area contributed by atoms with Crippen LogP contribution in [0.15, 0.2) is 53.5 Å². The van der Waals surface area contributed by atoms with Gasteiger partial charge < -0.3 is 14.7 Å². The highest BCUT2D eigenvalue weighted by Gasteiger charge is 2.33. The maximum Gasteiger partial charge on any atom is 0.246 e. The van der Waals surface area contributed by atoms with Gasteiger partial charge in [0.15, 0.2) is 0 Å². The van der Waals surface area contributed by atoms with E-state index in [2.05, 4.69) is 78.7 Å². The van der Waals surface area contributed by atoms with Crippen LogP contribution in [-0.2, 0) is 17.8 Å². The topological polar surface area (TPSA) is 76.4 Å². The minimum atomic E-state index is -0.225. The Hall–Kier alpha value is -3.15. The third kappa shape index (κ3) is 4.46. The third-order valence-corrected chi connectivity index (χ3v) is 7.59. The molecule has 0 spiro atoms. The number of carbonyl (C=O) groups is 1. The van der Waals surface area contributed by atoms with Gasteiger partial charge in [-0.1, -0.05) is 46.8 Å². The summed E-state index contributed by atoms with van der Waals surface area (Å²) in [5, 5.41) is 11.9. The van der Waals surface area contributed by atoms with Crippen LogP contribution in [0.4, 0.5) is 11.5 Å². The van der Waals surface area contributed by atoms with Crippen molar-refractivity contribution in [1.82, 2.24) is 14.9 Å². The molecule has 0 radical (unpaired) electrons. The number of nitriles is 1. The van der Waals surface area contributed by atoms with Crippen molar-refractivity contribution in [3.05, 3.63) is 70.1 Å². The second kappa shape index (κ2) is 9.84. The van der Waals surface area contributed by atoms with E-state index in [1.165, 1.54) is 16.8 Å². The van der Waals surface area contributed by atoms with Crippen LogP contribution in [0.5, 0.6) is 0 Å². The molecule has 1 atom stereocenters. The number of halogens is 2. The number of hydrogen-bond acceptors (Lipinski definition) is 6. The predicted molar refractivity (Wildman–Crippen MR) is 142 cm³/mol. The Kier molecular flexibility index (Phi) is 6.63. The number of aromatic nitrogens is 2. The van der Waals surface area contributed by atoms with Gasteiger partial charge >= 0.3 is 0 Å². The van der Waals surface area contributed by atoms with Crippen molar-refractivity contribution >= 4 is 55.7 Å². The van der Waals surface area contributed by atoms with Gasteiger partial charge in [-0.25, -0.2) is 9.97 Å². The number of carbonyl (C=O) groups excluding carboxylic acids is 1. The molecular weight excluding hydrogens is 528 g/mol. The van der Waals surface area contributed by atoms with E-state index in [0.29, 0.717) is 26.2 Å². The number of piperazine rings is 1. The number of nitrogens with zero attached hydrogens (tertiary/aromatic N) is 6. The van der Waals surface area contributed by atoms with E-state index in [9.17, 15) is 10.1 Å². The molecule has 2 aliphatic heterocycles. The van der Waals surface area contributed by atoms with Gasteiger partial charge in [0.1, 0.15) is 5.82 Å². The lowest BCUT2D eigenvalue weighted by atomic mass is 10.0. The first-order valence-electron chi connectivity index (χ1n) is 11.5. The number of rotatable bonds is 4. The summed E-state index contributed by atoms with van der Waals surface area (Å²) in [6.45, 7) is 6.68. The van der Waals surface area contributed by atoms with Gasteiger partial charge in [0.2, 0.25) is 11.2 Å². The molecule has 178 valence electrons. The van der Waals surface area contributed by atoms with E-state index in [4.69, 9.17) is 11.6 Å². The van der Waals surface area contributed by atoms with Gasteiger partial charge in [0, 0.05) is 47.3 Å². The molecular formula is C26H24BrClN6O. The highest BCUT2D eigenvalue weighted by molar-refractivity contribution is 9.10. The normalized spacial score (nSPS) is 17.7. The third-order valence-electron chi connectivity index (χ3n) is 6.76. The second-order valence-corrected chi connectivity index (χ2v) is 9.92. The predicted octanol–water partition coefficient (Wildman–Crippen LogP) is 4.73. The zero-order chi connectivity index (χ0) is 24.5. The summed E-state index contributed by atoms with van der Waals surface area (Å²) in [4.78, 5) is 27.7. The van der Waals surface area contributed by atoms with Gasteiger partial charge in [0.05, 0.1) is 30.8 Å². The van der Waals surface area contributed by atoms with Crippen molar-refractivity contribution in [2.45, 2.75) is 25.4 Å². The van der Waals surface area contributed by atoms with Crippen molar-refractivity contribution in [3.63, 3.8) is 0 Å². The van der Waals surface area contributed by atoms with E-state index >= 15 is 0 Å². The maximum atomic E-state index is 12.3. The molecule has 1 amide bonds. The lowest BCUT2D eigenvalue weighted by Crippen LogP contribution is -2.55. The van der Waals surface area contributed by atoms with Crippen molar-refractivity contribution in [3.8, 4) is 6.07 Å². The molecule has 0 N–H and O–H groups in total. The minimum absolute atomic E-state index is 0.149. The zero-order valence-corrected chi connectivity index (χ0v) is 21.5. The molecule has 1 aromatic heterocycles. The average molecular weight is 552 g/mol. The van der Waals surface area contributed by atoms with Gasteiger partial charge in [-0.2, -0.15) is 5.26 Å². The van der Waals surface area contributed by atoms with E-state index in [1.807, 2.05) is 6.07 Å². The van der Waals surface area contributed by atoms with Crippen LogP contribution in [0.25, 0.3) is 10.8 Å². The van der Waals surface area contributed by atoms with Gasteiger partial charge in [-0.15, -0.1) is 0 Å². The highest BCUT2D eigenvalue weighted by atomic mass is 79.9. The number of hydrogen-bond donors (Lipinski definition) is 0. The highest BCUT2D eigenvalue weighted by Crippen LogP contribution is 2.37. The summed E-state index contributed by atoms with van der Waals surface area (Å²) in [6, 6.07) is 14.6. The first-order valence-corrected chi connectivity index (χ1v) is 12.7. The largest absolute Gasteiger partial charge is 0.365 e. The lowest BCUT2D eigenvalue weighted by molar-refractivity contribution is -0.128. The molecule has 0 unspecified atom stereocenters. The van der Waals surface area contributed by atoms with Crippen molar-refractivity contribution in [2.75, 3.05) is 36.0 Å². The summed E-state index contributed by atoms with van der Waals surface area (Å²) in [5.41, 5.74) is 3.16. The number of amides is 1. The lowest BCUT2D eigenvalue weighted by Gasteiger charge is -2.42. The van der Waals surface area contributed by atoms with Crippen molar-refractivity contribution in [1.29, 1.82) is 5.26 Å². The Morgan fingerprint density at radius 2 is 2.00 bits per heavy atom. The summed E-state index contributed by atoms with van der Waals surface area (Å²) >= 11 is 10.1. The fraction of sp³-hybridized carbons (Fsp3) is 0.308. The van der Waals surface area contributed by atoms with Crippen molar-refractivity contribution in [2.24, 2.45) is 0 Å². The summed E-state index contributed by atoms with van der Waals surface area (Å²) in [6.07, 6.45) is 2.34. The molecule has 35 heavy (non-hydrogen) atoms. The Labute approximate surface area is 217 Å². The van der Waals surface area contributed by atoms with Gasteiger partial charge in [-0.3, -0.25) is 4.79 Å². The van der Waals surface area contributed by atoms with Crippen LogP contribution in [0.3, 0.4) is 0 Å². The molecule has 1 fully saturated rings. The Morgan fingerprint density at radius 1 is 1.20 bits per heavy atom. The smallest absolute Gasteiger partial charge is 0.246 e. The van der Waals surface area contributed by atoms with Crippen LogP contribution < -0.4 is 9.80 Å². The fourth-order valence-corrected chi connectivity index (χ4v) is 5.89. The van der Waals surface area contributed by atoms with Crippen LogP contribution in [0.1, 0.15) is 17.7 Å². The quantitative estimate of drug-likeness (QED) is 0.345. The molecule has 3 aromatic rings. The summed E-state index contributed by atoms with van der Waals surface area (Å²) in [5.74, 6) is 0.664. The van der Waals surface area contributed by atoms with E-state index in [-0.39, 0.29) is 23.7 Å². The molecule has 2 aromatic carbocycles. The van der Waals surface area contributed by atoms with E-state index in [0.717, 1.165) is 40.2 Å². The number of fused-ring (bicyclic) bond motifs is 2. The maximum absolute atomic E-state index is 12.3. The molecule has 0 aliphatic carbocycles. The molecule has 1 saturated heterocycles. The van der Waals surface area contributed by atoms with E-state index in [1.54, 1.807) is 4.90 Å². The molecule has 7 nitrogen and oxygen atoms in total. The van der Waals surface area contributed by atoms with Crippen molar-refractivity contribution < 1.29 is 4.79 Å². The van der Waals surface area contributed by atoms with E-state index < -0.39 is 0 Å². The first-order chi connectivity index (χ1) is 17.0. The first kappa shape index (κ1) is 23.6. The molecule has 0 bridgehead atoms.